The third-order valence-corrected chi connectivity index (χ3v) is 17.7. The van der Waals surface area contributed by atoms with E-state index in [0.29, 0.717) is 90.3 Å². The summed E-state index contributed by atoms with van der Waals surface area (Å²) in [5, 5.41) is 6.21. The van der Waals surface area contributed by atoms with E-state index in [0.717, 1.165) is 103 Å². The molecule has 2 N–H and O–H groups in total. The van der Waals surface area contributed by atoms with Crippen LogP contribution in [0.2, 0.25) is 0 Å². The highest BCUT2D eigenvalue weighted by Crippen LogP contribution is 2.41. The minimum Gasteiger partial charge on any atom is -0.381 e. The van der Waals surface area contributed by atoms with Gasteiger partial charge in [-0.3, -0.25) is 29.3 Å². The predicted octanol–water partition coefficient (Wildman–Crippen LogP) is 6.86. The lowest BCUT2D eigenvalue weighted by Crippen LogP contribution is -2.57. The van der Waals surface area contributed by atoms with E-state index in [2.05, 4.69) is 79.9 Å². The monoisotopic (exact) mass is 1010 g/mol. The van der Waals surface area contributed by atoms with Gasteiger partial charge in [0.25, 0.3) is 0 Å². The Kier molecular flexibility index (Phi) is 14.5. The second kappa shape index (κ2) is 21.4. The topological polar surface area (TPSA) is 178 Å². The van der Waals surface area contributed by atoms with Crippen LogP contribution in [0.25, 0.3) is 22.3 Å². The van der Waals surface area contributed by atoms with Crippen LogP contribution in [0, 0.1) is 11.3 Å². The molecular formula is C57H75N11O6. The van der Waals surface area contributed by atoms with Crippen molar-refractivity contribution in [3.8, 4) is 11.3 Å². The van der Waals surface area contributed by atoms with Crippen LogP contribution < -0.4 is 20.4 Å². The van der Waals surface area contributed by atoms with Crippen LogP contribution in [0.1, 0.15) is 134 Å². The number of piperidine rings is 4. The third kappa shape index (κ3) is 10.3. The number of pyridine rings is 2. The maximum Gasteiger partial charge on any atom is 0.234 e. The number of carbonyl (C=O) groups excluding carboxylic acids is 5. The van der Waals surface area contributed by atoms with Crippen molar-refractivity contribution in [2.75, 3.05) is 80.7 Å². The summed E-state index contributed by atoms with van der Waals surface area (Å²) in [4.78, 5) is 93.6. The van der Waals surface area contributed by atoms with Crippen LogP contribution in [0.15, 0.2) is 48.9 Å². The van der Waals surface area contributed by atoms with Crippen molar-refractivity contribution in [3.63, 3.8) is 0 Å². The molecule has 6 fully saturated rings. The highest BCUT2D eigenvalue weighted by atomic mass is 16.5. The van der Waals surface area contributed by atoms with Gasteiger partial charge in [-0.25, -0.2) is 15.0 Å². The zero-order valence-electron chi connectivity index (χ0n) is 43.7. The lowest BCUT2D eigenvalue weighted by atomic mass is 9.78. The van der Waals surface area contributed by atoms with Gasteiger partial charge in [0.1, 0.15) is 11.3 Å². The molecule has 17 heteroatoms. The van der Waals surface area contributed by atoms with Crippen molar-refractivity contribution in [2.24, 2.45) is 11.3 Å². The number of hydrogen-bond donors (Lipinski definition) is 2. The van der Waals surface area contributed by atoms with E-state index in [4.69, 9.17) is 14.7 Å². The number of nitrogens with zero attached hydrogens (tertiary/aromatic N) is 9. The number of likely N-dealkylation sites (tertiary alicyclic amines) is 2. The summed E-state index contributed by atoms with van der Waals surface area (Å²) >= 11 is 0. The Morgan fingerprint density at radius 3 is 2.27 bits per heavy atom. The summed E-state index contributed by atoms with van der Waals surface area (Å²) in [6, 6.07) is 13.4. The molecular weight excluding hydrogens is 935 g/mol. The van der Waals surface area contributed by atoms with Crippen LogP contribution in [0.4, 0.5) is 17.3 Å². The average molecular weight is 1010 g/mol. The molecule has 0 bridgehead atoms. The van der Waals surface area contributed by atoms with Gasteiger partial charge in [0.2, 0.25) is 29.5 Å². The second-order valence-corrected chi connectivity index (χ2v) is 22.9. The molecule has 17 nitrogen and oxygen atoms in total. The lowest BCUT2D eigenvalue weighted by molar-refractivity contribution is -0.149. The number of ether oxygens (including phenoxy) is 1. The van der Waals surface area contributed by atoms with E-state index < -0.39 is 5.41 Å². The van der Waals surface area contributed by atoms with Crippen LogP contribution in [0.5, 0.6) is 0 Å². The van der Waals surface area contributed by atoms with E-state index >= 15 is 0 Å². The van der Waals surface area contributed by atoms with E-state index in [1.54, 1.807) is 6.20 Å². The average Bonchev–Trinajstić information content (AvgIpc) is 3.87. The molecule has 0 spiro atoms. The molecule has 9 heterocycles. The van der Waals surface area contributed by atoms with Gasteiger partial charge in [-0.1, -0.05) is 31.5 Å². The number of hydrogen-bond acceptors (Lipinski definition) is 12. The van der Waals surface area contributed by atoms with Gasteiger partial charge in [-0.05, 0) is 133 Å². The van der Waals surface area contributed by atoms with Gasteiger partial charge >= 0.3 is 0 Å². The number of benzene rings is 1. The van der Waals surface area contributed by atoms with Gasteiger partial charge in [0.05, 0.1) is 23.5 Å². The van der Waals surface area contributed by atoms with Crippen LogP contribution >= 0.6 is 0 Å². The van der Waals surface area contributed by atoms with Gasteiger partial charge in [0.15, 0.2) is 5.82 Å². The molecule has 4 aromatic rings. The molecule has 1 atom stereocenters. The Morgan fingerprint density at radius 2 is 1.55 bits per heavy atom. The molecule has 3 aromatic heterocycles. The number of carbonyl (C=O) groups is 5. The molecule has 1 aromatic carbocycles. The molecule has 74 heavy (non-hydrogen) atoms. The third-order valence-electron chi connectivity index (χ3n) is 17.7. The molecule has 1 saturated carbocycles. The first kappa shape index (κ1) is 50.2. The largest absolute Gasteiger partial charge is 0.381 e. The van der Waals surface area contributed by atoms with Gasteiger partial charge in [-0.15, -0.1) is 0 Å². The number of nitrogens with one attached hydrogen (secondary N) is 2. The second-order valence-electron chi connectivity index (χ2n) is 22.9. The standard InChI is InChI=1S/C57H75N11O6/c1-37(2)67-36-59-47-34-46(61-53(52(47)67)60-42-17-29-74-30-18-42)40-8-7-38-13-25-66(26-16-51(70)68(48(38)31-40)44-32-43(33-44)63-21-5-4-6-22-63)56(73)57(3)19-27-65(28-20-57)55(72)39-14-23-64(24-15-39)49-11-9-41(35-58-49)45-10-12-50(69)62-54(45)71/h7-9,11,31,34-37,39,42-45H,4-6,10,12-30,32-33H2,1-3H3,(H,60,61)(H,62,69,71). The quantitative estimate of drug-likeness (QED) is 0.158. The highest BCUT2D eigenvalue weighted by molar-refractivity contribution is 6.01. The van der Waals surface area contributed by atoms with Crippen molar-refractivity contribution in [2.45, 2.75) is 147 Å². The predicted molar refractivity (Wildman–Crippen MR) is 284 cm³/mol. The smallest absolute Gasteiger partial charge is 0.234 e. The Hall–Kier alpha value is -5.94. The van der Waals surface area contributed by atoms with Crippen LogP contribution in [0.3, 0.4) is 0 Å². The van der Waals surface area contributed by atoms with E-state index in [1.807, 2.05) is 28.3 Å². The molecule has 11 rings (SSSR count). The molecule has 1 unspecified atom stereocenters. The van der Waals surface area contributed by atoms with Crippen LogP contribution in [-0.2, 0) is 35.1 Å². The van der Waals surface area contributed by atoms with Crippen molar-refractivity contribution in [3.05, 3.63) is 60.0 Å². The Labute approximate surface area is 435 Å². The van der Waals surface area contributed by atoms with Crippen LogP contribution in [-0.4, -0.2) is 147 Å². The summed E-state index contributed by atoms with van der Waals surface area (Å²) in [6.45, 7) is 13.4. The summed E-state index contributed by atoms with van der Waals surface area (Å²) in [5.41, 5.74) is 5.77. The highest BCUT2D eigenvalue weighted by Gasteiger charge is 2.44. The first-order valence-corrected chi connectivity index (χ1v) is 27.9. The van der Waals surface area contributed by atoms with Gasteiger partial charge in [0, 0.05) is 118 Å². The Balaban J connectivity index is 0.771. The Bertz CT molecular complexity index is 2730. The van der Waals surface area contributed by atoms with E-state index in [9.17, 15) is 24.0 Å². The normalized spacial score (nSPS) is 24.8. The number of imidazole rings is 1. The van der Waals surface area contributed by atoms with E-state index in [-0.39, 0.29) is 65.9 Å². The number of amides is 5. The fourth-order valence-corrected chi connectivity index (χ4v) is 12.9. The van der Waals surface area contributed by atoms with Gasteiger partial charge in [-0.2, -0.15) is 0 Å². The maximum absolute atomic E-state index is 14.9. The van der Waals surface area contributed by atoms with Crippen molar-refractivity contribution in [1.29, 1.82) is 0 Å². The fraction of sp³-hybridized carbons (Fsp3) is 0.614. The molecule has 5 saturated heterocycles. The molecule has 394 valence electrons. The zero-order chi connectivity index (χ0) is 51.1. The van der Waals surface area contributed by atoms with Crippen molar-refractivity contribution >= 4 is 57.9 Å². The molecule has 6 aliphatic heterocycles. The lowest BCUT2D eigenvalue weighted by Gasteiger charge is -2.49. The summed E-state index contributed by atoms with van der Waals surface area (Å²) in [5.74, 6) is 0.966. The number of fused-ring (bicyclic) bond motifs is 2. The number of anilines is 3. The Morgan fingerprint density at radius 1 is 0.797 bits per heavy atom. The van der Waals surface area contributed by atoms with Crippen molar-refractivity contribution in [1.82, 2.24) is 39.5 Å². The number of imide groups is 1. The summed E-state index contributed by atoms with van der Waals surface area (Å²) in [7, 11) is 0. The zero-order valence-corrected chi connectivity index (χ0v) is 43.7. The first-order chi connectivity index (χ1) is 35.9. The number of rotatable bonds is 10. The molecule has 5 amide bonds. The van der Waals surface area contributed by atoms with Crippen molar-refractivity contribution < 1.29 is 28.7 Å². The SMILES string of the molecule is CC(C)n1cnc2cc(-c3ccc4c(c3)N(C3CC(N5CCCCC5)C3)C(=O)CCN(C(=O)C3(C)CCN(C(=O)C5CCN(c6ccc(C7CCC(=O)NC7=O)cn6)CC5)CC3)CC4)nc(NC3CCOCC3)c21. The molecule has 7 aliphatic rings. The summed E-state index contributed by atoms with van der Waals surface area (Å²) < 4.78 is 7.88. The molecule has 0 radical (unpaired) electrons. The molecule has 1 aliphatic carbocycles. The minimum absolute atomic E-state index is 0.0581. The fourth-order valence-electron chi connectivity index (χ4n) is 12.9. The minimum atomic E-state index is -0.645. The van der Waals surface area contributed by atoms with Gasteiger partial charge < -0.3 is 39.1 Å². The first-order valence-electron chi connectivity index (χ1n) is 27.9. The van der Waals surface area contributed by atoms with E-state index in [1.165, 1.54) is 19.3 Å². The maximum atomic E-state index is 14.9. The summed E-state index contributed by atoms with van der Waals surface area (Å²) in [6.07, 6.45) is 15.4. The number of aromatic nitrogens is 4.